The molecule has 6 rings (SSSR count). The van der Waals surface area contributed by atoms with Gasteiger partial charge in [-0.1, -0.05) is 12.1 Å². The Kier molecular flexibility index (Phi) is 7.82. The normalized spacial score (nSPS) is 20.8. The van der Waals surface area contributed by atoms with E-state index in [1.165, 1.54) is 34.6 Å². The van der Waals surface area contributed by atoms with Crippen molar-refractivity contribution in [2.45, 2.75) is 42.5 Å². The first-order chi connectivity index (χ1) is 20.3. The third-order valence-corrected chi connectivity index (χ3v) is 8.68. The predicted octanol–water partition coefficient (Wildman–Crippen LogP) is 4.58. The molecule has 9 nitrogen and oxygen atoms in total. The summed E-state index contributed by atoms with van der Waals surface area (Å²) in [7, 11) is 0. The first-order valence-corrected chi connectivity index (χ1v) is 15.0. The minimum absolute atomic E-state index is 0.0953. The van der Waals surface area contributed by atoms with Gasteiger partial charge in [-0.15, -0.1) is 16.9 Å². The summed E-state index contributed by atoms with van der Waals surface area (Å²) in [5, 5.41) is 17.0. The maximum Gasteiger partial charge on any atom is 0.335 e. The number of nitrogens with one attached hydrogen (secondary N) is 1. The summed E-state index contributed by atoms with van der Waals surface area (Å²) in [4.78, 5) is 33.9. The molecule has 2 saturated heterocycles. The van der Waals surface area contributed by atoms with Crippen LogP contribution in [0.4, 0.5) is 14.6 Å². The zero-order valence-corrected chi connectivity index (χ0v) is 23.7. The molecule has 0 radical (unpaired) electrons. The second kappa shape index (κ2) is 11.7. The Morgan fingerprint density at radius 1 is 1.14 bits per heavy atom. The van der Waals surface area contributed by atoms with E-state index in [9.17, 15) is 23.5 Å². The molecule has 12 heteroatoms. The van der Waals surface area contributed by atoms with Crippen LogP contribution >= 0.6 is 11.8 Å². The van der Waals surface area contributed by atoms with Crippen LogP contribution in [-0.2, 0) is 6.54 Å². The van der Waals surface area contributed by atoms with E-state index >= 15 is 0 Å². The molecule has 0 bridgehead atoms. The second-order valence-electron chi connectivity index (χ2n) is 10.7. The van der Waals surface area contributed by atoms with Gasteiger partial charge in [-0.2, -0.15) is 0 Å². The summed E-state index contributed by atoms with van der Waals surface area (Å²) in [6.45, 7) is 2.08. The van der Waals surface area contributed by atoms with Crippen molar-refractivity contribution in [3.8, 4) is 0 Å². The number of hydrogen-bond donors (Lipinski definition) is 2. The number of carbonyl (C=O) groups is 2. The number of carboxylic acid groups (broad SMARTS) is 1. The molecule has 1 amide bonds. The highest BCUT2D eigenvalue weighted by Crippen LogP contribution is 2.40. The lowest BCUT2D eigenvalue weighted by molar-refractivity contribution is 0.0696. The Morgan fingerprint density at radius 3 is 2.81 bits per heavy atom. The van der Waals surface area contributed by atoms with Crippen LogP contribution in [0.25, 0.3) is 5.65 Å². The van der Waals surface area contributed by atoms with Crippen molar-refractivity contribution in [3.63, 3.8) is 0 Å². The van der Waals surface area contributed by atoms with Crippen molar-refractivity contribution < 1.29 is 23.5 Å². The Morgan fingerprint density at radius 2 is 2.00 bits per heavy atom. The predicted molar refractivity (Wildman–Crippen MR) is 155 cm³/mol. The molecule has 4 heterocycles. The number of fused-ring (bicyclic) bond motifs is 1. The van der Waals surface area contributed by atoms with Gasteiger partial charge >= 0.3 is 5.97 Å². The van der Waals surface area contributed by atoms with Crippen molar-refractivity contribution in [2.24, 2.45) is 0 Å². The molecule has 2 fully saturated rings. The molecular formula is C30H30F2N6O3S. The average molecular weight is 593 g/mol. The van der Waals surface area contributed by atoms with E-state index in [1.54, 1.807) is 36.4 Å². The number of imidazole rings is 1. The Bertz CT molecular complexity index is 1650. The molecule has 4 aromatic rings. The molecule has 0 spiro atoms. The van der Waals surface area contributed by atoms with Crippen molar-refractivity contribution >= 4 is 35.1 Å². The third kappa shape index (κ3) is 5.68. The topological polar surface area (TPSA) is 103 Å². The number of likely N-dealkylation sites (tertiary alicyclic amines) is 1. The number of halogens is 2. The Balaban J connectivity index is 1.18. The fourth-order valence-electron chi connectivity index (χ4n) is 5.88. The number of rotatable bonds is 8. The van der Waals surface area contributed by atoms with Gasteiger partial charge in [-0.3, -0.25) is 9.69 Å². The quantitative estimate of drug-likeness (QED) is 0.287. The average Bonchev–Trinajstić information content (AvgIpc) is 3.71. The van der Waals surface area contributed by atoms with Gasteiger partial charge in [0.25, 0.3) is 5.91 Å². The molecule has 2 N–H and O–H groups in total. The minimum Gasteiger partial charge on any atom is -0.478 e. The summed E-state index contributed by atoms with van der Waals surface area (Å²) in [5.41, 5.74) is 2.62. The number of aromatic nitrogens is 3. The highest BCUT2D eigenvalue weighted by molar-refractivity contribution is 7.98. The fourth-order valence-corrected chi connectivity index (χ4v) is 6.52. The first-order valence-electron chi connectivity index (χ1n) is 13.7. The van der Waals surface area contributed by atoms with Crippen LogP contribution in [-0.4, -0.2) is 74.6 Å². The molecule has 2 aliphatic heterocycles. The van der Waals surface area contributed by atoms with Crippen LogP contribution in [0.1, 0.15) is 50.9 Å². The Hall–Kier alpha value is -4.03. The SMILES string of the molecule is CSc1ccc(F)cc1C1CC(F)CN1c1ccc2ncc(C(=O)NC3CCN(Cc4cccc(C(=O)O)c4)C3)n2n1. The molecule has 0 saturated carbocycles. The van der Waals surface area contributed by atoms with Gasteiger partial charge in [-0.05, 0) is 66.3 Å². The van der Waals surface area contributed by atoms with Crippen molar-refractivity contribution in [1.82, 2.24) is 24.8 Å². The first kappa shape index (κ1) is 28.1. The number of thioether (sulfide) groups is 1. The summed E-state index contributed by atoms with van der Waals surface area (Å²) in [6, 6.07) is 14.4. The van der Waals surface area contributed by atoms with Crippen molar-refractivity contribution in [1.29, 1.82) is 0 Å². The molecule has 3 unspecified atom stereocenters. The second-order valence-corrected chi connectivity index (χ2v) is 11.5. The maximum absolute atomic E-state index is 14.8. The lowest BCUT2D eigenvalue weighted by Gasteiger charge is -2.27. The van der Waals surface area contributed by atoms with Crippen LogP contribution < -0.4 is 10.2 Å². The standard InChI is InChI=1S/C30H30F2N6O3S/c1-42-26-6-5-20(31)12-23(26)24-13-21(32)16-37(24)28-8-7-27-33-14-25(38(27)35-28)29(39)34-22-9-10-36(17-22)15-18-3-2-4-19(11-18)30(40)41/h2-8,11-12,14,21-22,24H,9-10,13,15-17H2,1H3,(H,34,39)(H,40,41). The lowest BCUT2D eigenvalue weighted by Crippen LogP contribution is -2.37. The van der Waals surface area contributed by atoms with Gasteiger partial charge in [0, 0.05) is 37.0 Å². The van der Waals surface area contributed by atoms with Gasteiger partial charge in [0.15, 0.2) is 11.3 Å². The number of hydrogen-bond acceptors (Lipinski definition) is 7. The maximum atomic E-state index is 14.8. The third-order valence-electron chi connectivity index (χ3n) is 7.86. The summed E-state index contributed by atoms with van der Waals surface area (Å²) in [6.07, 6.45) is 3.24. The number of benzene rings is 2. The van der Waals surface area contributed by atoms with Crippen LogP contribution in [0.15, 0.2) is 65.7 Å². The summed E-state index contributed by atoms with van der Waals surface area (Å²) in [5.74, 6) is -1.17. The van der Waals surface area contributed by atoms with Gasteiger partial charge in [0.05, 0.1) is 24.3 Å². The van der Waals surface area contributed by atoms with Crippen LogP contribution in [0.3, 0.4) is 0 Å². The molecule has 2 aromatic carbocycles. The van der Waals surface area contributed by atoms with E-state index in [2.05, 4.69) is 20.3 Å². The van der Waals surface area contributed by atoms with Gasteiger partial charge in [0.1, 0.15) is 17.8 Å². The van der Waals surface area contributed by atoms with Crippen LogP contribution in [0, 0.1) is 5.82 Å². The number of aromatic carboxylic acids is 1. The number of carboxylic acids is 1. The molecule has 2 aromatic heterocycles. The number of nitrogens with zero attached hydrogens (tertiary/aromatic N) is 5. The van der Waals surface area contributed by atoms with Crippen LogP contribution in [0.5, 0.6) is 0 Å². The molecular weight excluding hydrogens is 562 g/mol. The van der Waals surface area contributed by atoms with Crippen LogP contribution in [0.2, 0.25) is 0 Å². The zero-order chi connectivity index (χ0) is 29.4. The van der Waals surface area contributed by atoms with E-state index in [4.69, 9.17) is 0 Å². The molecule has 3 atom stereocenters. The summed E-state index contributed by atoms with van der Waals surface area (Å²) < 4.78 is 30.4. The highest BCUT2D eigenvalue weighted by Gasteiger charge is 2.36. The fraction of sp³-hybridized carbons (Fsp3) is 0.333. The number of carbonyl (C=O) groups excluding carboxylic acids is 1. The zero-order valence-electron chi connectivity index (χ0n) is 22.9. The lowest BCUT2D eigenvalue weighted by atomic mass is 10.0. The van der Waals surface area contributed by atoms with Gasteiger partial charge in [-0.25, -0.2) is 23.1 Å². The van der Waals surface area contributed by atoms with Gasteiger partial charge in [0.2, 0.25) is 0 Å². The van der Waals surface area contributed by atoms with E-state index in [-0.39, 0.29) is 42.0 Å². The smallest absolute Gasteiger partial charge is 0.335 e. The van der Waals surface area contributed by atoms with E-state index in [0.29, 0.717) is 30.1 Å². The molecule has 42 heavy (non-hydrogen) atoms. The highest BCUT2D eigenvalue weighted by atomic mass is 32.2. The number of alkyl halides is 1. The van der Waals surface area contributed by atoms with Gasteiger partial charge < -0.3 is 15.3 Å². The van der Waals surface area contributed by atoms with E-state index in [1.807, 2.05) is 17.2 Å². The van der Waals surface area contributed by atoms with E-state index < -0.39 is 18.2 Å². The minimum atomic E-state index is -1.10. The largest absolute Gasteiger partial charge is 0.478 e. The Labute approximate surface area is 245 Å². The van der Waals surface area contributed by atoms with E-state index in [0.717, 1.165) is 23.4 Å². The number of anilines is 1. The van der Waals surface area contributed by atoms with Crippen molar-refractivity contribution in [2.75, 3.05) is 30.8 Å². The molecule has 0 aliphatic carbocycles. The molecule has 218 valence electrons. The monoisotopic (exact) mass is 592 g/mol. The van der Waals surface area contributed by atoms with Crippen molar-refractivity contribution in [3.05, 3.63) is 89.0 Å². The summed E-state index contributed by atoms with van der Waals surface area (Å²) >= 11 is 1.49. The molecule has 2 aliphatic rings. The number of amides is 1.